The smallest absolute Gasteiger partial charge is 0.213 e. The molecule has 0 bridgehead atoms. The Kier molecular flexibility index (Phi) is 6.35. The maximum absolute atomic E-state index is 5.98. The summed E-state index contributed by atoms with van der Waals surface area (Å²) in [6, 6.07) is 9.55. The molecule has 1 fully saturated rings. The van der Waals surface area contributed by atoms with E-state index in [1.165, 1.54) is 6.42 Å². The third-order valence-corrected chi connectivity index (χ3v) is 4.49. The number of guanidine groups is 1. The van der Waals surface area contributed by atoms with Gasteiger partial charge in [-0.15, -0.1) is 0 Å². The predicted molar refractivity (Wildman–Crippen MR) is 104 cm³/mol. The Bertz CT molecular complexity index is 791. The second kappa shape index (κ2) is 9.12. The first-order valence-corrected chi connectivity index (χ1v) is 9.04. The second-order valence-electron chi connectivity index (χ2n) is 6.42. The van der Waals surface area contributed by atoms with Crippen LogP contribution in [-0.2, 0) is 13.1 Å². The highest BCUT2D eigenvalue weighted by Gasteiger charge is 2.19. The van der Waals surface area contributed by atoms with Gasteiger partial charge in [0.1, 0.15) is 6.10 Å². The zero-order valence-corrected chi connectivity index (χ0v) is 15.8. The van der Waals surface area contributed by atoms with Gasteiger partial charge in [-0.1, -0.05) is 6.07 Å². The topological polar surface area (TPSA) is 91.0 Å². The summed E-state index contributed by atoms with van der Waals surface area (Å²) in [5, 5.41) is 3.12. The fourth-order valence-corrected chi connectivity index (χ4v) is 2.69. The van der Waals surface area contributed by atoms with Crippen molar-refractivity contribution in [1.82, 2.24) is 10.3 Å². The predicted octanol–water partition coefficient (Wildman–Crippen LogP) is 2.63. The lowest BCUT2D eigenvalue weighted by atomic mass is 9.96. The first kappa shape index (κ1) is 18.8. The molecule has 2 aromatic rings. The molecule has 0 unspecified atom stereocenters. The van der Waals surface area contributed by atoms with Crippen molar-refractivity contribution in [3.05, 3.63) is 47.7 Å². The molecule has 3 N–H and O–H groups in total. The normalized spacial score (nSPS) is 14.4. The van der Waals surface area contributed by atoms with Crippen LogP contribution in [0.25, 0.3) is 0 Å². The highest BCUT2D eigenvalue weighted by atomic mass is 16.5. The van der Waals surface area contributed by atoms with Gasteiger partial charge in [0.05, 0.1) is 20.8 Å². The van der Waals surface area contributed by atoms with Crippen LogP contribution in [0.3, 0.4) is 0 Å². The van der Waals surface area contributed by atoms with Crippen LogP contribution in [0.5, 0.6) is 17.4 Å². The molecular weight excluding hydrogens is 344 g/mol. The number of ether oxygens (including phenoxy) is 3. The minimum absolute atomic E-state index is 0.314. The average Bonchev–Trinajstić information content (AvgIpc) is 2.67. The first-order chi connectivity index (χ1) is 13.2. The summed E-state index contributed by atoms with van der Waals surface area (Å²) in [4.78, 5) is 8.63. The molecule has 3 rings (SSSR count). The van der Waals surface area contributed by atoms with Gasteiger partial charge in [-0.05, 0) is 48.6 Å². The summed E-state index contributed by atoms with van der Waals surface area (Å²) in [5.74, 6) is 2.41. The zero-order valence-electron chi connectivity index (χ0n) is 15.8. The van der Waals surface area contributed by atoms with Crippen LogP contribution < -0.4 is 25.3 Å². The van der Waals surface area contributed by atoms with Gasteiger partial charge in [0, 0.05) is 18.8 Å². The van der Waals surface area contributed by atoms with Gasteiger partial charge in [0.15, 0.2) is 17.5 Å². The van der Waals surface area contributed by atoms with Crippen molar-refractivity contribution in [1.29, 1.82) is 0 Å². The van der Waals surface area contributed by atoms with Gasteiger partial charge in [0.2, 0.25) is 5.88 Å². The van der Waals surface area contributed by atoms with E-state index in [4.69, 9.17) is 19.9 Å². The highest BCUT2D eigenvalue weighted by Crippen LogP contribution is 2.27. The summed E-state index contributed by atoms with van der Waals surface area (Å²) >= 11 is 0. The lowest BCUT2D eigenvalue weighted by molar-refractivity contribution is 0.114. The van der Waals surface area contributed by atoms with Crippen molar-refractivity contribution < 1.29 is 14.2 Å². The molecule has 1 aliphatic rings. The quantitative estimate of drug-likeness (QED) is 0.548. The molecule has 0 aliphatic heterocycles. The number of aliphatic imine (C=N–C) groups is 1. The fraction of sp³-hybridized carbons (Fsp3) is 0.400. The molecule has 0 saturated heterocycles. The van der Waals surface area contributed by atoms with E-state index < -0.39 is 0 Å². The number of hydrogen-bond donors (Lipinski definition) is 2. The number of nitrogens with one attached hydrogen (secondary N) is 1. The number of nitrogens with zero attached hydrogens (tertiary/aromatic N) is 2. The number of pyridine rings is 1. The van der Waals surface area contributed by atoms with Crippen molar-refractivity contribution in [2.75, 3.05) is 14.2 Å². The Hall–Kier alpha value is -2.96. The van der Waals surface area contributed by atoms with E-state index in [9.17, 15) is 0 Å². The first-order valence-electron chi connectivity index (χ1n) is 9.04. The minimum atomic E-state index is 0.314. The van der Waals surface area contributed by atoms with E-state index in [0.717, 1.165) is 24.0 Å². The standard InChI is InChI=1S/C20H26N4O3/c1-25-17-7-6-14(10-18(17)26-2)12-23-20(21)24-13-15-8-9-22-19(11-15)27-16-4-3-5-16/h6-11,16H,3-5,12-13H2,1-2H3,(H3,21,23,24). The molecule has 0 spiro atoms. The Labute approximate surface area is 159 Å². The lowest BCUT2D eigenvalue weighted by Crippen LogP contribution is -2.31. The van der Waals surface area contributed by atoms with Crippen LogP contribution in [0.2, 0.25) is 0 Å². The summed E-state index contributed by atoms with van der Waals surface area (Å²) < 4.78 is 16.4. The fourth-order valence-electron chi connectivity index (χ4n) is 2.69. The average molecular weight is 370 g/mol. The highest BCUT2D eigenvalue weighted by molar-refractivity contribution is 5.77. The van der Waals surface area contributed by atoms with E-state index in [0.29, 0.717) is 42.5 Å². The Morgan fingerprint density at radius 2 is 1.96 bits per heavy atom. The summed E-state index contributed by atoms with van der Waals surface area (Å²) in [5.41, 5.74) is 8.01. The van der Waals surface area contributed by atoms with Crippen molar-refractivity contribution in [3.8, 4) is 17.4 Å². The number of nitrogens with two attached hydrogens (primary N) is 1. The molecule has 1 aromatic heterocycles. The summed E-state index contributed by atoms with van der Waals surface area (Å²) in [6.07, 6.45) is 5.52. The third-order valence-electron chi connectivity index (χ3n) is 4.49. The van der Waals surface area contributed by atoms with Gasteiger partial charge in [-0.25, -0.2) is 9.98 Å². The molecule has 27 heavy (non-hydrogen) atoms. The number of benzene rings is 1. The van der Waals surface area contributed by atoms with Crippen molar-refractivity contribution >= 4 is 5.96 Å². The van der Waals surface area contributed by atoms with Crippen LogP contribution in [0, 0.1) is 0 Å². The van der Waals surface area contributed by atoms with Gasteiger partial charge in [0.25, 0.3) is 0 Å². The molecule has 7 heteroatoms. The van der Waals surface area contributed by atoms with Crippen LogP contribution in [0.1, 0.15) is 30.4 Å². The molecule has 0 radical (unpaired) electrons. The Balaban J connectivity index is 1.52. The SMILES string of the molecule is COc1ccc(CN=C(N)NCc2ccnc(OC3CCC3)c2)cc1OC. The van der Waals surface area contributed by atoms with Crippen LogP contribution in [0.4, 0.5) is 0 Å². The molecule has 1 aliphatic carbocycles. The Morgan fingerprint density at radius 1 is 1.15 bits per heavy atom. The molecule has 0 amide bonds. The largest absolute Gasteiger partial charge is 0.493 e. The van der Waals surface area contributed by atoms with Gasteiger partial charge < -0.3 is 25.3 Å². The zero-order chi connectivity index (χ0) is 19.1. The van der Waals surface area contributed by atoms with Gasteiger partial charge in [-0.3, -0.25) is 0 Å². The molecular formula is C20H26N4O3. The monoisotopic (exact) mass is 370 g/mol. The number of rotatable bonds is 8. The molecule has 1 aromatic carbocycles. The van der Waals surface area contributed by atoms with E-state index >= 15 is 0 Å². The molecule has 1 heterocycles. The van der Waals surface area contributed by atoms with Crippen molar-refractivity contribution in [2.24, 2.45) is 10.7 Å². The van der Waals surface area contributed by atoms with Crippen LogP contribution >= 0.6 is 0 Å². The van der Waals surface area contributed by atoms with E-state index in [1.54, 1.807) is 20.4 Å². The number of methoxy groups -OCH3 is 2. The maximum Gasteiger partial charge on any atom is 0.213 e. The van der Waals surface area contributed by atoms with Crippen LogP contribution in [0.15, 0.2) is 41.5 Å². The van der Waals surface area contributed by atoms with Crippen molar-refractivity contribution in [3.63, 3.8) is 0 Å². The minimum Gasteiger partial charge on any atom is -0.493 e. The Morgan fingerprint density at radius 3 is 2.67 bits per heavy atom. The van der Waals surface area contributed by atoms with E-state index in [2.05, 4.69) is 15.3 Å². The summed E-state index contributed by atoms with van der Waals surface area (Å²) in [6.45, 7) is 1.01. The second-order valence-corrected chi connectivity index (χ2v) is 6.42. The molecule has 144 valence electrons. The third kappa shape index (κ3) is 5.26. The lowest BCUT2D eigenvalue weighted by Gasteiger charge is -2.25. The maximum atomic E-state index is 5.98. The molecule has 0 atom stereocenters. The summed E-state index contributed by atoms with van der Waals surface area (Å²) in [7, 11) is 3.22. The van der Waals surface area contributed by atoms with E-state index in [-0.39, 0.29) is 0 Å². The van der Waals surface area contributed by atoms with E-state index in [1.807, 2.05) is 30.3 Å². The van der Waals surface area contributed by atoms with Gasteiger partial charge >= 0.3 is 0 Å². The molecule has 7 nitrogen and oxygen atoms in total. The molecule has 1 saturated carbocycles. The van der Waals surface area contributed by atoms with Gasteiger partial charge in [-0.2, -0.15) is 0 Å². The number of hydrogen-bond acceptors (Lipinski definition) is 5. The van der Waals surface area contributed by atoms with Crippen LogP contribution in [-0.4, -0.2) is 31.3 Å². The van der Waals surface area contributed by atoms with Crippen molar-refractivity contribution in [2.45, 2.75) is 38.5 Å². The number of aromatic nitrogens is 1.